The van der Waals surface area contributed by atoms with E-state index in [0.717, 1.165) is 22.0 Å². The van der Waals surface area contributed by atoms with E-state index in [1.54, 1.807) is 6.20 Å². The zero-order valence-electron chi connectivity index (χ0n) is 17.7. The lowest BCUT2D eigenvalue weighted by molar-refractivity contribution is -0.128. The number of benzene rings is 2. The fourth-order valence-electron chi connectivity index (χ4n) is 3.56. The lowest BCUT2D eigenvalue weighted by Crippen LogP contribution is -2.49. The number of aryl methyl sites for hydroxylation is 1. The molecule has 2 atom stereocenters. The van der Waals surface area contributed by atoms with Gasteiger partial charge in [-0.1, -0.05) is 48.5 Å². The Hall–Kier alpha value is -3.09. The molecule has 0 bridgehead atoms. The van der Waals surface area contributed by atoms with Gasteiger partial charge in [0.05, 0.1) is 17.6 Å². The number of ketones is 1. The third-order valence-corrected chi connectivity index (χ3v) is 5.37. The molecule has 1 amide bonds. The molecule has 5 N–H and O–H groups in total. The van der Waals surface area contributed by atoms with Gasteiger partial charge in [-0.25, -0.2) is 0 Å². The molecule has 0 aliphatic heterocycles. The largest absolute Gasteiger partial charge is 0.345 e. The molecule has 1 aromatic heterocycles. The number of pyridine rings is 1. The van der Waals surface area contributed by atoms with E-state index in [-0.39, 0.29) is 18.1 Å². The number of Topliss-reactive ketones (excluding diaryl/α,β-unsaturated/α-hetero) is 1. The smallest absolute Gasteiger partial charge is 0.237 e. The number of nitrogens with one attached hydrogen (secondary N) is 1. The molecule has 0 radical (unpaired) electrons. The maximum atomic E-state index is 13.1. The Balaban J connectivity index is 1.71. The van der Waals surface area contributed by atoms with Crippen LogP contribution in [0.15, 0.2) is 66.9 Å². The number of rotatable bonds is 11. The highest BCUT2D eigenvalue weighted by Crippen LogP contribution is 2.15. The quantitative estimate of drug-likeness (QED) is 0.443. The Labute approximate surface area is 183 Å². The molecular weight excluding hydrogens is 388 g/mol. The minimum atomic E-state index is -0.666. The molecular formula is C25H30N4O2. The van der Waals surface area contributed by atoms with Crippen LogP contribution in [0.4, 0.5) is 0 Å². The van der Waals surface area contributed by atoms with E-state index in [2.05, 4.69) is 10.3 Å². The molecule has 6 nitrogen and oxygen atoms in total. The first-order valence-electron chi connectivity index (χ1n) is 10.7. The third kappa shape index (κ3) is 6.70. The predicted molar refractivity (Wildman–Crippen MR) is 123 cm³/mol. The molecule has 162 valence electrons. The maximum absolute atomic E-state index is 13.1. The van der Waals surface area contributed by atoms with Gasteiger partial charge in [-0.15, -0.1) is 0 Å². The van der Waals surface area contributed by atoms with Crippen LogP contribution in [0, 0.1) is 0 Å². The van der Waals surface area contributed by atoms with E-state index in [4.69, 9.17) is 11.5 Å². The number of hydrogen-bond acceptors (Lipinski definition) is 5. The van der Waals surface area contributed by atoms with Gasteiger partial charge in [0.15, 0.2) is 5.78 Å². The van der Waals surface area contributed by atoms with Gasteiger partial charge in [0, 0.05) is 18.0 Å². The Morgan fingerprint density at radius 3 is 2.55 bits per heavy atom. The fourth-order valence-corrected chi connectivity index (χ4v) is 3.56. The van der Waals surface area contributed by atoms with Crippen LogP contribution in [0.1, 0.15) is 30.4 Å². The van der Waals surface area contributed by atoms with Crippen LogP contribution in [-0.2, 0) is 22.4 Å². The molecule has 0 fully saturated rings. The second kappa shape index (κ2) is 11.3. The average molecular weight is 419 g/mol. The van der Waals surface area contributed by atoms with Gasteiger partial charge in [-0.2, -0.15) is 0 Å². The molecule has 6 heteroatoms. The number of carbonyl (C=O) groups is 2. The highest BCUT2D eigenvalue weighted by molar-refractivity contribution is 5.92. The Morgan fingerprint density at radius 1 is 0.968 bits per heavy atom. The van der Waals surface area contributed by atoms with Crippen molar-refractivity contribution in [1.82, 2.24) is 10.3 Å². The standard InChI is InChI=1S/C25H30N4O2/c26-14-4-9-21(27)25(31)29-22(13-11-18-6-2-1-3-7-18)24(30)17-19-10-12-20-8-5-15-28-23(20)16-19/h1-3,5-8,10,12,15-16,21-22H,4,9,11,13-14,17,26-27H2,(H,29,31)/t21-,22+/m0/s1. The van der Waals surface area contributed by atoms with E-state index in [9.17, 15) is 9.59 Å². The van der Waals surface area contributed by atoms with Crippen molar-refractivity contribution < 1.29 is 9.59 Å². The number of hydrogen-bond donors (Lipinski definition) is 3. The van der Waals surface area contributed by atoms with Crippen molar-refractivity contribution in [2.24, 2.45) is 11.5 Å². The molecule has 3 rings (SSSR count). The third-order valence-electron chi connectivity index (χ3n) is 5.37. The van der Waals surface area contributed by atoms with Gasteiger partial charge in [0.25, 0.3) is 0 Å². The number of nitrogens with zero attached hydrogens (tertiary/aromatic N) is 1. The second-order valence-corrected chi connectivity index (χ2v) is 7.80. The van der Waals surface area contributed by atoms with E-state index in [1.165, 1.54) is 0 Å². The SMILES string of the molecule is NCCC[C@H](N)C(=O)N[C@H](CCc1ccccc1)C(=O)Cc1ccc2cccnc2c1. The number of aromatic nitrogens is 1. The Bertz CT molecular complexity index is 1010. The van der Waals surface area contributed by atoms with Gasteiger partial charge < -0.3 is 16.8 Å². The van der Waals surface area contributed by atoms with Gasteiger partial charge in [0.2, 0.25) is 5.91 Å². The van der Waals surface area contributed by atoms with E-state index < -0.39 is 12.1 Å². The molecule has 3 aromatic rings. The van der Waals surface area contributed by atoms with Crippen molar-refractivity contribution in [3.63, 3.8) is 0 Å². The molecule has 0 saturated heterocycles. The van der Waals surface area contributed by atoms with E-state index in [1.807, 2.05) is 60.7 Å². The summed E-state index contributed by atoms with van der Waals surface area (Å²) in [6, 6.07) is 18.4. The van der Waals surface area contributed by atoms with Crippen molar-refractivity contribution in [3.05, 3.63) is 78.0 Å². The van der Waals surface area contributed by atoms with Crippen molar-refractivity contribution in [1.29, 1.82) is 0 Å². The Morgan fingerprint density at radius 2 is 1.77 bits per heavy atom. The first kappa shape index (κ1) is 22.6. The highest BCUT2D eigenvalue weighted by atomic mass is 16.2. The molecule has 0 aliphatic rings. The van der Waals surface area contributed by atoms with E-state index in [0.29, 0.717) is 32.2 Å². The topological polar surface area (TPSA) is 111 Å². The number of nitrogens with two attached hydrogens (primary N) is 2. The first-order chi connectivity index (χ1) is 15.1. The molecule has 0 spiro atoms. The summed E-state index contributed by atoms with van der Waals surface area (Å²) in [5.41, 5.74) is 14.4. The van der Waals surface area contributed by atoms with Gasteiger partial charge in [-0.3, -0.25) is 14.6 Å². The van der Waals surface area contributed by atoms with Gasteiger partial charge in [0.1, 0.15) is 0 Å². The summed E-state index contributed by atoms with van der Waals surface area (Å²) in [7, 11) is 0. The maximum Gasteiger partial charge on any atom is 0.237 e. The monoisotopic (exact) mass is 418 g/mol. The van der Waals surface area contributed by atoms with Gasteiger partial charge >= 0.3 is 0 Å². The molecule has 1 heterocycles. The molecule has 2 aromatic carbocycles. The van der Waals surface area contributed by atoms with Crippen LogP contribution in [-0.4, -0.2) is 35.3 Å². The summed E-state index contributed by atoms with van der Waals surface area (Å²) < 4.78 is 0. The summed E-state index contributed by atoms with van der Waals surface area (Å²) in [4.78, 5) is 30.1. The van der Waals surface area contributed by atoms with Crippen LogP contribution in [0.3, 0.4) is 0 Å². The van der Waals surface area contributed by atoms with Crippen molar-refractivity contribution in [2.45, 2.75) is 44.2 Å². The normalized spacial score (nSPS) is 13.0. The predicted octanol–water partition coefficient (Wildman–Crippen LogP) is 2.53. The number of amides is 1. The minimum Gasteiger partial charge on any atom is -0.345 e. The van der Waals surface area contributed by atoms with Crippen LogP contribution in [0.25, 0.3) is 10.9 Å². The average Bonchev–Trinajstić information content (AvgIpc) is 2.80. The highest BCUT2D eigenvalue weighted by Gasteiger charge is 2.23. The molecule has 0 aliphatic carbocycles. The van der Waals surface area contributed by atoms with Crippen molar-refractivity contribution in [3.8, 4) is 0 Å². The number of fused-ring (bicyclic) bond motifs is 1. The molecule has 0 saturated carbocycles. The van der Waals surface area contributed by atoms with Crippen LogP contribution < -0.4 is 16.8 Å². The minimum absolute atomic E-state index is 0.0365. The first-order valence-corrected chi connectivity index (χ1v) is 10.7. The molecule has 31 heavy (non-hydrogen) atoms. The zero-order valence-corrected chi connectivity index (χ0v) is 17.7. The van der Waals surface area contributed by atoms with Crippen molar-refractivity contribution >= 4 is 22.6 Å². The van der Waals surface area contributed by atoms with E-state index >= 15 is 0 Å². The lowest BCUT2D eigenvalue weighted by atomic mass is 9.96. The molecule has 0 unspecified atom stereocenters. The summed E-state index contributed by atoms with van der Waals surface area (Å²) in [5, 5.41) is 3.91. The lowest BCUT2D eigenvalue weighted by Gasteiger charge is -2.20. The summed E-state index contributed by atoms with van der Waals surface area (Å²) in [5.74, 6) is -0.342. The van der Waals surface area contributed by atoms with Crippen LogP contribution in [0.2, 0.25) is 0 Å². The zero-order chi connectivity index (χ0) is 22.1. The fraction of sp³-hybridized carbons (Fsp3) is 0.320. The summed E-state index contributed by atoms with van der Waals surface area (Å²) in [6.45, 7) is 0.480. The number of carbonyl (C=O) groups excluding carboxylic acids is 2. The van der Waals surface area contributed by atoms with Crippen LogP contribution >= 0.6 is 0 Å². The van der Waals surface area contributed by atoms with Crippen molar-refractivity contribution in [2.75, 3.05) is 6.54 Å². The summed E-state index contributed by atoms with van der Waals surface area (Å²) in [6.07, 6.45) is 4.34. The summed E-state index contributed by atoms with van der Waals surface area (Å²) >= 11 is 0. The Kier molecular flexibility index (Phi) is 8.27. The van der Waals surface area contributed by atoms with Gasteiger partial charge in [-0.05, 0) is 55.5 Å². The second-order valence-electron chi connectivity index (χ2n) is 7.80. The van der Waals surface area contributed by atoms with Crippen LogP contribution in [0.5, 0.6) is 0 Å².